The average Bonchev–Trinajstić information content (AvgIpc) is 2.41. The summed E-state index contributed by atoms with van der Waals surface area (Å²) in [7, 11) is -2.09. The summed E-state index contributed by atoms with van der Waals surface area (Å²) in [6.07, 6.45) is 1.83. The van der Waals surface area contributed by atoms with Crippen LogP contribution < -0.4 is 4.31 Å². The van der Waals surface area contributed by atoms with Crippen LogP contribution >= 0.6 is 15.9 Å². The van der Waals surface area contributed by atoms with Crippen molar-refractivity contribution in [1.82, 2.24) is 0 Å². The molecule has 0 atom stereocenters. The number of rotatable bonds is 6. The highest BCUT2D eigenvalue weighted by Crippen LogP contribution is 2.24. The predicted octanol–water partition coefficient (Wildman–Crippen LogP) is 2.54. The standard InChI is InChI=1S/C13H18BrNO4S/c1-4-5-15(20(3,17)18)12-7-10(9-14)6-11(8-12)13(16)19-2/h6-8H,4-5,9H2,1-3H3. The third-order valence-electron chi connectivity index (χ3n) is 2.67. The lowest BCUT2D eigenvalue weighted by Gasteiger charge is -2.22. The first-order valence-electron chi connectivity index (χ1n) is 6.09. The topological polar surface area (TPSA) is 63.7 Å². The van der Waals surface area contributed by atoms with E-state index >= 15 is 0 Å². The van der Waals surface area contributed by atoms with Crippen LogP contribution in [0.5, 0.6) is 0 Å². The molecular formula is C13H18BrNO4S. The van der Waals surface area contributed by atoms with Gasteiger partial charge in [0.15, 0.2) is 0 Å². The molecule has 1 rings (SSSR count). The Kier molecular flexibility index (Phi) is 6.01. The molecule has 0 N–H and O–H groups in total. The summed E-state index contributed by atoms with van der Waals surface area (Å²) in [6.45, 7) is 2.26. The Morgan fingerprint density at radius 1 is 1.35 bits per heavy atom. The quantitative estimate of drug-likeness (QED) is 0.575. The Balaban J connectivity index is 3.37. The average molecular weight is 364 g/mol. The fraction of sp³-hybridized carbons (Fsp3) is 0.462. The highest BCUT2D eigenvalue weighted by Gasteiger charge is 2.19. The van der Waals surface area contributed by atoms with E-state index in [2.05, 4.69) is 15.9 Å². The number of carbonyl (C=O) groups is 1. The fourth-order valence-corrected chi connectivity index (χ4v) is 3.15. The van der Waals surface area contributed by atoms with Crippen LogP contribution in [0.1, 0.15) is 29.3 Å². The molecule has 0 amide bonds. The second-order valence-electron chi connectivity index (χ2n) is 4.35. The van der Waals surface area contributed by atoms with Gasteiger partial charge in [0, 0.05) is 11.9 Å². The van der Waals surface area contributed by atoms with E-state index in [-0.39, 0.29) is 0 Å². The maximum Gasteiger partial charge on any atom is 0.337 e. The lowest BCUT2D eigenvalue weighted by molar-refractivity contribution is 0.0600. The molecule has 112 valence electrons. The number of ether oxygens (including phenoxy) is 1. The predicted molar refractivity (Wildman–Crippen MR) is 82.9 cm³/mol. The SMILES string of the molecule is CCCN(c1cc(CBr)cc(C(=O)OC)c1)S(C)(=O)=O. The fourth-order valence-electron chi connectivity index (χ4n) is 1.82. The van der Waals surface area contributed by atoms with Gasteiger partial charge in [0.05, 0.1) is 24.6 Å². The summed E-state index contributed by atoms with van der Waals surface area (Å²) < 4.78 is 29.7. The van der Waals surface area contributed by atoms with E-state index in [1.54, 1.807) is 12.1 Å². The summed E-state index contributed by atoms with van der Waals surface area (Å²) in [4.78, 5) is 11.7. The Bertz CT molecular complexity index is 586. The first-order chi connectivity index (χ1) is 9.33. The van der Waals surface area contributed by atoms with Crippen LogP contribution in [-0.4, -0.2) is 34.3 Å². The third kappa shape index (κ3) is 4.21. The van der Waals surface area contributed by atoms with Gasteiger partial charge in [-0.15, -0.1) is 0 Å². The molecule has 0 spiro atoms. The van der Waals surface area contributed by atoms with Crippen LogP contribution in [0.25, 0.3) is 0 Å². The number of halogens is 1. The monoisotopic (exact) mass is 363 g/mol. The molecule has 0 heterocycles. The number of esters is 1. The van der Waals surface area contributed by atoms with E-state index in [0.717, 1.165) is 11.8 Å². The molecule has 0 aromatic heterocycles. The number of carbonyl (C=O) groups excluding carboxylic acids is 1. The lowest BCUT2D eigenvalue weighted by atomic mass is 10.1. The third-order valence-corrected chi connectivity index (χ3v) is 4.51. The molecule has 7 heteroatoms. The molecule has 0 aliphatic heterocycles. The van der Waals surface area contributed by atoms with Crippen LogP contribution in [0.3, 0.4) is 0 Å². The van der Waals surface area contributed by atoms with Crippen LogP contribution in [0.4, 0.5) is 5.69 Å². The van der Waals surface area contributed by atoms with Crippen molar-refractivity contribution in [1.29, 1.82) is 0 Å². The maximum absolute atomic E-state index is 11.9. The molecule has 20 heavy (non-hydrogen) atoms. The zero-order valence-electron chi connectivity index (χ0n) is 11.7. The second-order valence-corrected chi connectivity index (χ2v) is 6.82. The lowest BCUT2D eigenvalue weighted by Crippen LogP contribution is -2.30. The van der Waals surface area contributed by atoms with Gasteiger partial charge >= 0.3 is 5.97 Å². The van der Waals surface area contributed by atoms with Gasteiger partial charge in [-0.3, -0.25) is 4.31 Å². The van der Waals surface area contributed by atoms with Crippen molar-refractivity contribution in [3.8, 4) is 0 Å². The van der Waals surface area contributed by atoms with Gasteiger partial charge in [-0.05, 0) is 30.2 Å². The number of hydrogen-bond acceptors (Lipinski definition) is 4. The molecule has 5 nitrogen and oxygen atoms in total. The van der Waals surface area contributed by atoms with Crippen molar-refractivity contribution in [3.05, 3.63) is 29.3 Å². The van der Waals surface area contributed by atoms with Crippen LogP contribution in [0, 0.1) is 0 Å². The first-order valence-corrected chi connectivity index (χ1v) is 9.06. The van der Waals surface area contributed by atoms with Crippen LogP contribution in [-0.2, 0) is 20.1 Å². The summed E-state index contributed by atoms with van der Waals surface area (Å²) in [6, 6.07) is 4.96. The molecule has 0 aliphatic rings. The minimum atomic E-state index is -3.39. The van der Waals surface area contributed by atoms with Gasteiger partial charge in [0.1, 0.15) is 0 Å². The summed E-state index contributed by atoms with van der Waals surface area (Å²) in [5, 5.41) is 0.522. The van der Waals surface area contributed by atoms with Crippen molar-refractivity contribution in [2.75, 3.05) is 24.2 Å². The molecular weight excluding hydrogens is 346 g/mol. The van der Waals surface area contributed by atoms with E-state index in [1.165, 1.54) is 17.5 Å². The van der Waals surface area contributed by atoms with Crippen molar-refractivity contribution >= 4 is 37.6 Å². The number of alkyl halides is 1. The Morgan fingerprint density at radius 3 is 2.45 bits per heavy atom. The molecule has 0 bridgehead atoms. The van der Waals surface area contributed by atoms with Gasteiger partial charge in [-0.1, -0.05) is 22.9 Å². The smallest absolute Gasteiger partial charge is 0.337 e. The molecule has 0 saturated heterocycles. The molecule has 1 aromatic rings. The number of methoxy groups -OCH3 is 1. The zero-order chi connectivity index (χ0) is 15.3. The highest BCUT2D eigenvalue weighted by molar-refractivity contribution is 9.08. The Hall–Kier alpha value is -1.08. The zero-order valence-corrected chi connectivity index (χ0v) is 14.1. The number of nitrogens with zero attached hydrogens (tertiary/aromatic N) is 1. The minimum Gasteiger partial charge on any atom is -0.465 e. The van der Waals surface area contributed by atoms with Crippen molar-refractivity contribution in [2.45, 2.75) is 18.7 Å². The van der Waals surface area contributed by atoms with Gasteiger partial charge in [-0.2, -0.15) is 0 Å². The number of anilines is 1. The summed E-state index contributed by atoms with van der Waals surface area (Å²) in [5.74, 6) is -0.487. The molecule has 0 saturated carbocycles. The number of hydrogen-bond donors (Lipinski definition) is 0. The molecule has 0 fully saturated rings. The summed E-state index contributed by atoms with van der Waals surface area (Å²) >= 11 is 3.32. The molecule has 1 aromatic carbocycles. The Morgan fingerprint density at radius 2 is 2.00 bits per heavy atom. The minimum absolute atomic E-state index is 0.337. The van der Waals surface area contributed by atoms with Crippen LogP contribution in [0.15, 0.2) is 18.2 Å². The van der Waals surface area contributed by atoms with E-state index in [9.17, 15) is 13.2 Å². The summed E-state index contributed by atoms with van der Waals surface area (Å²) in [5.41, 5.74) is 1.63. The number of sulfonamides is 1. The maximum atomic E-state index is 11.9. The molecule has 0 radical (unpaired) electrons. The van der Waals surface area contributed by atoms with E-state index in [0.29, 0.717) is 29.5 Å². The van der Waals surface area contributed by atoms with Crippen molar-refractivity contribution in [3.63, 3.8) is 0 Å². The van der Waals surface area contributed by atoms with Gasteiger partial charge in [-0.25, -0.2) is 13.2 Å². The van der Waals surface area contributed by atoms with Gasteiger partial charge < -0.3 is 4.74 Å². The second kappa shape index (κ2) is 7.08. The molecule has 0 unspecified atom stereocenters. The van der Waals surface area contributed by atoms with Crippen molar-refractivity contribution in [2.24, 2.45) is 0 Å². The number of benzene rings is 1. The van der Waals surface area contributed by atoms with Crippen molar-refractivity contribution < 1.29 is 17.9 Å². The largest absolute Gasteiger partial charge is 0.465 e. The Labute approximate surface area is 128 Å². The normalized spacial score (nSPS) is 11.2. The highest BCUT2D eigenvalue weighted by atomic mass is 79.9. The van der Waals surface area contributed by atoms with E-state index in [1.807, 2.05) is 6.92 Å². The van der Waals surface area contributed by atoms with Crippen LogP contribution in [0.2, 0.25) is 0 Å². The van der Waals surface area contributed by atoms with Gasteiger partial charge in [0.25, 0.3) is 0 Å². The van der Waals surface area contributed by atoms with Gasteiger partial charge in [0.2, 0.25) is 10.0 Å². The molecule has 0 aliphatic carbocycles. The van der Waals surface area contributed by atoms with E-state index < -0.39 is 16.0 Å². The first kappa shape index (κ1) is 17.0. The van der Waals surface area contributed by atoms with E-state index in [4.69, 9.17) is 4.74 Å².